The van der Waals surface area contributed by atoms with E-state index in [1.165, 1.54) is 8.61 Å². The van der Waals surface area contributed by atoms with E-state index in [0.29, 0.717) is 39.4 Å². The Balaban J connectivity index is 2.57. The Morgan fingerprint density at radius 2 is 1.95 bits per heavy atom. The van der Waals surface area contributed by atoms with Crippen LogP contribution in [0.3, 0.4) is 0 Å². The van der Waals surface area contributed by atoms with Gasteiger partial charge in [0.25, 0.3) is 10.2 Å². The largest absolute Gasteiger partial charge is 0.396 e. The number of nitrogens with zero attached hydrogens (tertiary/aromatic N) is 2. The molecule has 0 aromatic heterocycles. The number of hydrogen-bond acceptors (Lipinski definition) is 4. The zero-order chi connectivity index (χ0) is 14.3. The normalized spacial score (nSPS) is 19.2. The van der Waals surface area contributed by atoms with Crippen molar-refractivity contribution in [3.8, 4) is 0 Å². The lowest BCUT2D eigenvalue weighted by Gasteiger charge is -2.34. The van der Waals surface area contributed by atoms with Gasteiger partial charge in [-0.3, -0.25) is 0 Å². The molecule has 0 radical (unpaired) electrons. The summed E-state index contributed by atoms with van der Waals surface area (Å²) >= 11 is 0. The fourth-order valence-electron chi connectivity index (χ4n) is 2.23. The van der Waals surface area contributed by atoms with Gasteiger partial charge >= 0.3 is 0 Å². The van der Waals surface area contributed by atoms with Gasteiger partial charge in [-0.25, -0.2) is 0 Å². The number of rotatable bonds is 8. The summed E-state index contributed by atoms with van der Waals surface area (Å²) in [5, 5.41) is 9.08. The predicted molar refractivity (Wildman–Crippen MR) is 74.0 cm³/mol. The first-order chi connectivity index (χ1) is 9.06. The standard InChI is InChI=1S/C12H26N2O4S/c1-3-13(9-10-18-4-2)19(16,17)14-7-5-12(11-15)6-8-14/h12,15H,3-11H2,1-2H3. The molecule has 6 nitrogen and oxygen atoms in total. The second-order valence-corrected chi connectivity index (χ2v) is 6.65. The highest BCUT2D eigenvalue weighted by Crippen LogP contribution is 2.20. The van der Waals surface area contributed by atoms with Crippen LogP contribution < -0.4 is 0 Å². The number of likely N-dealkylation sites (N-methyl/N-ethyl adjacent to an activating group) is 1. The third-order valence-corrected chi connectivity index (χ3v) is 5.64. The molecule has 0 aromatic rings. The van der Waals surface area contributed by atoms with Crippen LogP contribution in [0.1, 0.15) is 26.7 Å². The van der Waals surface area contributed by atoms with Gasteiger partial charge < -0.3 is 9.84 Å². The van der Waals surface area contributed by atoms with Crippen LogP contribution in [-0.4, -0.2) is 68.1 Å². The molecule has 0 atom stereocenters. The summed E-state index contributed by atoms with van der Waals surface area (Å²) < 4.78 is 33.1. The molecular weight excluding hydrogens is 268 g/mol. The minimum atomic E-state index is -3.38. The molecule has 7 heteroatoms. The molecule has 0 saturated carbocycles. The van der Waals surface area contributed by atoms with Crippen molar-refractivity contribution < 1.29 is 18.3 Å². The molecule has 0 amide bonds. The number of aliphatic hydroxyl groups is 1. The van der Waals surface area contributed by atoms with Crippen LogP contribution in [0.4, 0.5) is 0 Å². The monoisotopic (exact) mass is 294 g/mol. The van der Waals surface area contributed by atoms with Gasteiger partial charge in [0.1, 0.15) is 0 Å². The highest BCUT2D eigenvalue weighted by atomic mass is 32.2. The van der Waals surface area contributed by atoms with Crippen LogP contribution in [0.25, 0.3) is 0 Å². The predicted octanol–water partition coefficient (Wildman–Crippen LogP) is 0.294. The smallest absolute Gasteiger partial charge is 0.282 e. The van der Waals surface area contributed by atoms with Crippen molar-refractivity contribution in [1.82, 2.24) is 8.61 Å². The Hall–Kier alpha value is -0.210. The molecule has 0 spiro atoms. The zero-order valence-electron chi connectivity index (χ0n) is 11.9. The van der Waals surface area contributed by atoms with Crippen molar-refractivity contribution in [3.63, 3.8) is 0 Å². The average Bonchev–Trinajstić information content (AvgIpc) is 2.43. The minimum absolute atomic E-state index is 0.149. The lowest BCUT2D eigenvalue weighted by Crippen LogP contribution is -2.48. The lowest BCUT2D eigenvalue weighted by molar-refractivity contribution is 0.131. The molecule has 0 bridgehead atoms. The molecule has 0 aliphatic carbocycles. The zero-order valence-corrected chi connectivity index (χ0v) is 12.7. The van der Waals surface area contributed by atoms with E-state index in [2.05, 4.69) is 0 Å². The van der Waals surface area contributed by atoms with Gasteiger partial charge in [-0.15, -0.1) is 0 Å². The Morgan fingerprint density at radius 3 is 2.42 bits per heavy atom. The quantitative estimate of drug-likeness (QED) is 0.653. The van der Waals surface area contributed by atoms with Crippen LogP contribution in [0.5, 0.6) is 0 Å². The molecule has 1 fully saturated rings. The van der Waals surface area contributed by atoms with Crippen LogP contribution in [0.2, 0.25) is 0 Å². The van der Waals surface area contributed by atoms with Crippen molar-refractivity contribution >= 4 is 10.2 Å². The van der Waals surface area contributed by atoms with Crippen LogP contribution in [0.15, 0.2) is 0 Å². The molecule has 1 N–H and O–H groups in total. The fourth-order valence-corrected chi connectivity index (χ4v) is 3.86. The Labute approximate surface area is 116 Å². The molecule has 1 aliphatic heterocycles. The summed E-state index contributed by atoms with van der Waals surface area (Å²) in [6.45, 7) is 6.75. The summed E-state index contributed by atoms with van der Waals surface area (Å²) in [6, 6.07) is 0. The third kappa shape index (κ3) is 4.68. The molecule has 1 aliphatic rings. The summed E-state index contributed by atoms with van der Waals surface area (Å²) in [5.74, 6) is 0.241. The van der Waals surface area contributed by atoms with Crippen LogP contribution in [0, 0.1) is 5.92 Å². The SMILES string of the molecule is CCOCCN(CC)S(=O)(=O)N1CCC(CO)CC1. The molecule has 114 valence electrons. The topological polar surface area (TPSA) is 70.1 Å². The Kier molecular flexibility index (Phi) is 7.23. The first kappa shape index (κ1) is 16.8. The summed E-state index contributed by atoms with van der Waals surface area (Å²) in [4.78, 5) is 0. The maximum absolute atomic E-state index is 12.4. The number of hydrogen-bond donors (Lipinski definition) is 1. The van der Waals surface area contributed by atoms with E-state index in [4.69, 9.17) is 9.84 Å². The van der Waals surface area contributed by atoms with Gasteiger partial charge in [0.2, 0.25) is 0 Å². The first-order valence-electron chi connectivity index (χ1n) is 7.00. The van der Waals surface area contributed by atoms with Gasteiger partial charge in [-0.05, 0) is 25.7 Å². The second-order valence-electron chi connectivity index (χ2n) is 4.72. The van der Waals surface area contributed by atoms with Gasteiger partial charge in [-0.1, -0.05) is 6.92 Å². The van der Waals surface area contributed by atoms with E-state index in [-0.39, 0.29) is 12.5 Å². The number of aliphatic hydroxyl groups excluding tert-OH is 1. The van der Waals surface area contributed by atoms with Gasteiger partial charge in [0.05, 0.1) is 6.61 Å². The maximum atomic E-state index is 12.4. The third-order valence-electron chi connectivity index (χ3n) is 3.53. The van der Waals surface area contributed by atoms with E-state index in [1.807, 2.05) is 13.8 Å². The number of ether oxygens (including phenoxy) is 1. The lowest BCUT2D eigenvalue weighted by atomic mass is 10.00. The summed E-state index contributed by atoms with van der Waals surface area (Å²) in [7, 11) is -3.38. The second kappa shape index (κ2) is 8.16. The van der Waals surface area contributed by atoms with E-state index in [9.17, 15) is 8.42 Å². The van der Waals surface area contributed by atoms with Crippen LogP contribution >= 0.6 is 0 Å². The summed E-state index contributed by atoms with van der Waals surface area (Å²) in [6.07, 6.45) is 1.47. The van der Waals surface area contributed by atoms with Crippen molar-refractivity contribution in [2.45, 2.75) is 26.7 Å². The Morgan fingerprint density at radius 1 is 1.32 bits per heavy atom. The molecule has 1 heterocycles. The van der Waals surface area contributed by atoms with E-state index < -0.39 is 10.2 Å². The minimum Gasteiger partial charge on any atom is -0.396 e. The van der Waals surface area contributed by atoms with Crippen molar-refractivity contribution in [2.24, 2.45) is 5.92 Å². The highest BCUT2D eigenvalue weighted by Gasteiger charge is 2.31. The van der Waals surface area contributed by atoms with Crippen LogP contribution in [-0.2, 0) is 14.9 Å². The van der Waals surface area contributed by atoms with Crippen molar-refractivity contribution in [3.05, 3.63) is 0 Å². The molecule has 19 heavy (non-hydrogen) atoms. The summed E-state index contributed by atoms with van der Waals surface area (Å²) in [5.41, 5.74) is 0. The molecule has 0 unspecified atom stereocenters. The van der Waals surface area contributed by atoms with Gasteiger partial charge in [0.15, 0.2) is 0 Å². The maximum Gasteiger partial charge on any atom is 0.282 e. The van der Waals surface area contributed by atoms with Gasteiger partial charge in [0, 0.05) is 39.4 Å². The highest BCUT2D eigenvalue weighted by molar-refractivity contribution is 7.86. The van der Waals surface area contributed by atoms with E-state index >= 15 is 0 Å². The Bertz CT molecular complexity index is 329. The molecule has 1 rings (SSSR count). The van der Waals surface area contributed by atoms with Crippen molar-refractivity contribution in [2.75, 3.05) is 46.0 Å². The molecule has 1 saturated heterocycles. The number of piperidine rings is 1. The van der Waals surface area contributed by atoms with Gasteiger partial charge in [-0.2, -0.15) is 17.0 Å². The van der Waals surface area contributed by atoms with Crippen molar-refractivity contribution in [1.29, 1.82) is 0 Å². The fraction of sp³-hybridized carbons (Fsp3) is 1.00. The average molecular weight is 294 g/mol. The first-order valence-corrected chi connectivity index (χ1v) is 8.39. The molecule has 0 aromatic carbocycles. The van der Waals surface area contributed by atoms with E-state index in [1.54, 1.807) is 0 Å². The molecular formula is C12H26N2O4S. The van der Waals surface area contributed by atoms with E-state index in [0.717, 1.165) is 12.8 Å².